The van der Waals surface area contributed by atoms with Gasteiger partial charge in [-0.1, -0.05) is 0 Å². The number of pyridine rings is 1. The molecule has 0 radical (unpaired) electrons. The van der Waals surface area contributed by atoms with Gasteiger partial charge in [0.15, 0.2) is 0 Å². The van der Waals surface area contributed by atoms with Gasteiger partial charge in [-0.05, 0) is 11.6 Å². The minimum atomic E-state index is -0.984. The number of amides is 1. The van der Waals surface area contributed by atoms with Gasteiger partial charge in [-0.25, -0.2) is 4.79 Å². The second kappa shape index (κ2) is 4.73. The number of nitrogens with zero attached hydrogens (tertiary/aromatic N) is 2. The van der Waals surface area contributed by atoms with Gasteiger partial charge < -0.3 is 14.7 Å². The summed E-state index contributed by atoms with van der Waals surface area (Å²) in [5.74, 6) is -0.791. The number of rotatable bonds is 2. The molecule has 1 aliphatic heterocycles. The van der Waals surface area contributed by atoms with Crippen LogP contribution in [0, 0.1) is 0 Å². The van der Waals surface area contributed by atoms with Gasteiger partial charge in [-0.2, -0.15) is 0 Å². The number of likely N-dealkylation sites (N-methyl/N-ethyl adjacent to an activating group) is 1. The molecule has 96 valence electrons. The minimum Gasteiger partial charge on any atom is -0.465 e. The van der Waals surface area contributed by atoms with E-state index in [1.54, 1.807) is 19.3 Å². The molecule has 2 rings (SSSR count). The zero-order valence-electron chi connectivity index (χ0n) is 10.2. The Bertz CT molecular complexity index is 489. The van der Waals surface area contributed by atoms with Crippen molar-refractivity contribution in [2.24, 2.45) is 0 Å². The summed E-state index contributed by atoms with van der Waals surface area (Å²) in [5.41, 5.74) is 1.04. The lowest BCUT2D eigenvalue weighted by Gasteiger charge is -2.19. The highest BCUT2D eigenvalue weighted by Crippen LogP contribution is 2.31. The van der Waals surface area contributed by atoms with Gasteiger partial charge in [-0.3, -0.25) is 9.78 Å². The zero-order chi connectivity index (χ0) is 13.3. The predicted molar refractivity (Wildman–Crippen MR) is 61.7 cm³/mol. The normalized spacial score (nSPS) is 23.3. The molecule has 0 saturated carbocycles. The van der Waals surface area contributed by atoms with Crippen LogP contribution in [-0.4, -0.2) is 47.1 Å². The number of methoxy groups -OCH3 is 1. The van der Waals surface area contributed by atoms with E-state index in [1.807, 2.05) is 0 Å². The van der Waals surface area contributed by atoms with Crippen molar-refractivity contribution in [1.82, 2.24) is 9.88 Å². The highest BCUT2D eigenvalue weighted by molar-refractivity contribution is 5.89. The van der Waals surface area contributed by atoms with Gasteiger partial charge in [0.1, 0.15) is 6.10 Å². The summed E-state index contributed by atoms with van der Waals surface area (Å²) < 4.78 is 4.61. The first-order valence-corrected chi connectivity index (χ1v) is 5.52. The number of aliphatic hydroxyl groups excluding tert-OH is 1. The summed E-state index contributed by atoms with van der Waals surface area (Å²) in [4.78, 5) is 28.3. The molecule has 1 aromatic heterocycles. The van der Waals surface area contributed by atoms with E-state index >= 15 is 0 Å². The van der Waals surface area contributed by atoms with Crippen LogP contribution in [0.5, 0.6) is 0 Å². The van der Waals surface area contributed by atoms with Crippen LogP contribution in [0.3, 0.4) is 0 Å². The molecule has 1 fully saturated rings. The molecule has 18 heavy (non-hydrogen) atoms. The lowest BCUT2D eigenvalue weighted by atomic mass is 10.0. The molecule has 0 unspecified atom stereocenters. The molecule has 2 heterocycles. The second-order valence-corrected chi connectivity index (χ2v) is 4.21. The third kappa shape index (κ3) is 2.06. The number of esters is 1. The van der Waals surface area contributed by atoms with Crippen molar-refractivity contribution in [3.05, 3.63) is 29.6 Å². The Labute approximate surface area is 104 Å². The van der Waals surface area contributed by atoms with E-state index in [0.717, 1.165) is 0 Å². The summed E-state index contributed by atoms with van der Waals surface area (Å²) in [6, 6.07) is 1.37. The molecular formula is C12H14N2O4. The van der Waals surface area contributed by atoms with Crippen molar-refractivity contribution in [3.8, 4) is 0 Å². The molecule has 0 aliphatic carbocycles. The molecule has 0 bridgehead atoms. The fourth-order valence-electron chi connectivity index (χ4n) is 2.09. The van der Waals surface area contributed by atoms with Crippen LogP contribution in [0.1, 0.15) is 28.4 Å². The molecule has 6 nitrogen and oxygen atoms in total. The van der Waals surface area contributed by atoms with Crippen LogP contribution in [0.25, 0.3) is 0 Å². The van der Waals surface area contributed by atoms with E-state index in [4.69, 9.17) is 0 Å². The summed E-state index contributed by atoms with van der Waals surface area (Å²) in [6.07, 6.45) is 2.31. The Hall–Kier alpha value is -1.95. The largest absolute Gasteiger partial charge is 0.465 e. The number of hydrogen-bond acceptors (Lipinski definition) is 5. The number of ether oxygens (including phenoxy) is 1. The SMILES string of the molecule is COC(=O)c1cncc([C@H]2C[C@H](O)C(=O)N2C)c1. The highest BCUT2D eigenvalue weighted by atomic mass is 16.5. The maximum atomic E-state index is 11.5. The van der Waals surface area contributed by atoms with Crippen molar-refractivity contribution in [1.29, 1.82) is 0 Å². The van der Waals surface area contributed by atoms with Crippen molar-refractivity contribution in [3.63, 3.8) is 0 Å². The van der Waals surface area contributed by atoms with Crippen molar-refractivity contribution in [2.75, 3.05) is 14.2 Å². The molecule has 1 aliphatic rings. The molecule has 1 aromatic rings. The number of carbonyl (C=O) groups excluding carboxylic acids is 2. The molecule has 1 N–H and O–H groups in total. The van der Waals surface area contributed by atoms with E-state index in [0.29, 0.717) is 17.5 Å². The lowest BCUT2D eigenvalue weighted by Crippen LogP contribution is -2.26. The number of carbonyl (C=O) groups is 2. The van der Waals surface area contributed by atoms with Crippen LogP contribution in [0.15, 0.2) is 18.5 Å². The van der Waals surface area contributed by atoms with E-state index in [-0.39, 0.29) is 11.9 Å². The van der Waals surface area contributed by atoms with Crippen LogP contribution < -0.4 is 0 Å². The van der Waals surface area contributed by atoms with Gasteiger partial charge in [-0.15, -0.1) is 0 Å². The van der Waals surface area contributed by atoms with Crippen LogP contribution in [0.2, 0.25) is 0 Å². The molecular weight excluding hydrogens is 236 g/mol. The van der Waals surface area contributed by atoms with E-state index in [1.165, 1.54) is 18.2 Å². The maximum Gasteiger partial charge on any atom is 0.339 e. The van der Waals surface area contributed by atoms with Crippen molar-refractivity contribution >= 4 is 11.9 Å². The van der Waals surface area contributed by atoms with Crippen LogP contribution in [0.4, 0.5) is 0 Å². The fraction of sp³-hybridized carbons (Fsp3) is 0.417. The minimum absolute atomic E-state index is 0.260. The summed E-state index contributed by atoms with van der Waals surface area (Å²) >= 11 is 0. The highest BCUT2D eigenvalue weighted by Gasteiger charge is 2.37. The summed E-state index contributed by atoms with van der Waals surface area (Å²) in [5, 5.41) is 9.52. The second-order valence-electron chi connectivity index (χ2n) is 4.21. The fourth-order valence-corrected chi connectivity index (χ4v) is 2.09. The first kappa shape index (κ1) is 12.5. The van der Waals surface area contributed by atoms with E-state index in [2.05, 4.69) is 9.72 Å². The smallest absolute Gasteiger partial charge is 0.339 e. The summed E-state index contributed by atoms with van der Waals surface area (Å²) in [7, 11) is 2.91. The third-order valence-corrected chi connectivity index (χ3v) is 3.11. The third-order valence-electron chi connectivity index (χ3n) is 3.11. The Balaban J connectivity index is 2.29. The molecule has 6 heteroatoms. The maximum absolute atomic E-state index is 11.5. The first-order chi connectivity index (χ1) is 8.54. The van der Waals surface area contributed by atoms with Gasteiger partial charge in [0, 0.05) is 25.9 Å². The van der Waals surface area contributed by atoms with Crippen LogP contribution >= 0.6 is 0 Å². The van der Waals surface area contributed by atoms with Gasteiger partial charge >= 0.3 is 5.97 Å². The first-order valence-electron chi connectivity index (χ1n) is 5.52. The summed E-state index contributed by atoms with van der Waals surface area (Å²) in [6.45, 7) is 0. The Morgan fingerprint density at radius 2 is 2.28 bits per heavy atom. The van der Waals surface area contributed by atoms with Gasteiger partial charge in [0.05, 0.1) is 18.7 Å². The predicted octanol–water partition coefficient (Wildman–Crippen LogP) is 0.132. The quantitative estimate of drug-likeness (QED) is 0.755. The number of aliphatic hydroxyl groups is 1. The van der Waals surface area contributed by atoms with Crippen molar-refractivity contribution in [2.45, 2.75) is 18.6 Å². The Morgan fingerprint density at radius 3 is 2.83 bits per heavy atom. The number of hydrogen-bond donors (Lipinski definition) is 1. The number of likely N-dealkylation sites (tertiary alicyclic amines) is 1. The molecule has 0 aromatic carbocycles. The van der Waals surface area contributed by atoms with Gasteiger partial charge in [0.25, 0.3) is 5.91 Å². The molecule has 0 spiro atoms. The number of aromatic nitrogens is 1. The molecule has 1 saturated heterocycles. The Morgan fingerprint density at radius 1 is 1.56 bits per heavy atom. The average molecular weight is 250 g/mol. The topological polar surface area (TPSA) is 79.7 Å². The lowest BCUT2D eigenvalue weighted by molar-refractivity contribution is -0.134. The van der Waals surface area contributed by atoms with Gasteiger partial charge in [0.2, 0.25) is 0 Å². The molecule has 1 amide bonds. The zero-order valence-corrected chi connectivity index (χ0v) is 10.2. The van der Waals surface area contributed by atoms with Crippen molar-refractivity contribution < 1.29 is 19.4 Å². The molecule has 2 atom stereocenters. The monoisotopic (exact) mass is 250 g/mol. The Kier molecular flexibility index (Phi) is 3.29. The average Bonchev–Trinajstić information content (AvgIpc) is 2.66. The van der Waals surface area contributed by atoms with E-state index < -0.39 is 12.1 Å². The van der Waals surface area contributed by atoms with Crippen LogP contribution in [-0.2, 0) is 9.53 Å². The van der Waals surface area contributed by atoms with E-state index in [9.17, 15) is 14.7 Å². The standard InChI is InChI=1S/C12H14N2O4/c1-14-9(4-10(15)11(14)16)7-3-8(6-13-5-7)12(17)18-2/h3,5-6,9-10,15H,4H2,1-2H3/t9-,10+/m1/s1.